The summed E-state index contributed by atoms with van der Waals surface area (Å²) in [5.41, 5.74) is 1.84. The first-order chi connectivity index (χ1) is 18.4. The molecule has 208 valence electrons. The van der Waals surface area contributed by atoms with E-state index in [2.05, 4.69) is 39.5 Å². The van der Waals surface area contributed by atoms with Crippen molar-refractivity contribution in [2.45, 2.75) is 26.7 Å². The van der Waals surface area contributed by atoms with Crippen molar-refractivity contribution in [3.63, 3.8) is 0 Å². The second kappa shape index (κ2) is 14.5. The van der Waals surface area contributed by atoms with Gasteiger partial charge in [0.25, 0.3) is 0 Å². The lowest BCUT2D eigenvalue weighted by molar-refractivity contribution is 0.148. The molecule has 3 heterocycles. The van der Waals surface area contributed by atoms with Gasteiger partial charge in [0.2, 0.25) is 5.95 Å². The van der Waals surface area contributed by atoms with Crippen molar-refractivity contribution in [2.24, 2.45) is 5.92 Å². The van der Waals surface area contributed by atoms with Crippen molar-refractivity contribution in [3.05, 3.63) is 28.4 Å². The van der Waals surface area contributed by atoms with Gasteiger partial charge in [0, 0.05) is 56.6 Å². The topological polar surface area (TPSA) is 93.7 Å². The highest BCUT2D eigenvalue weighted by Crippen LogP contribution is 2.46. The Morgan fingerprint density at radius 3 is 2.32 bits per heavy atom. The fraction of sp³-hybridized carbons (Fsp3) is 0.519. The number of rotatable bonds is 10. The number of hydrogen-bond donors (Lipinski definition) is 2. The van der Waals surface area contributed by atoms with E-state index in [1.807, 2.05) is 13.0 Å². The highest BCUT2D eigenvalue weighted by atomic mass is 35.5. The molecule has 0 amide bonds. The van der Waals surface area contributed by atoms with Gasteiger partial charge in [-0.15, -0.1) is 0 Å². The van der Waals surface area contributed by atoms with Crippen LogP contribution in [0.5, 0.6) is 11.5 Å². The van der Waals surface area contributed by atoms with Gasteiger partial charge in [-0.1, -0.05) is 30.1 Å². The van der Waals surface area contributed by atoms with Crippen LogP contribution in [0, 0.1) is 5.92 Å². The predicted molar refractivity (Wildman–Crippen MR) is 156 cm³/mol. The van der Waals surface area contributed by atoms with Crippen molar-refractivity contribution in [3.8, 4) is 22.8 Å². The van der Waals surface area contributed by atoms with E-state index in [1.165, 1.54) is 0 Å². The fourth-order valence-corrected chi connectivity index (χ4v) is 4.94. The van der Waals surface area contributed by atoms with E-state index in [-0.39, 0.29) is 0 Å². The third-order valence-electron chi connectivity index (χ3n) is 6.22. The number of nitrogens with zero attached hydrogens (tertiary/aromatic N) is 4. The van der Waals surface area contributed by atoms with Crippen LogP contribution < -0.4 is 20.1 Å². The van der Waals surface area contributed by atoms with Crippen LogP contribution in [0.15, 0.2) is 18.3 Å². The molecule has 1 aromatic carbocycles. The largest absolute Gasteiger partial charge is 0.495 e. The number of fused-ring (bicyclic) bond motifs is 1. The lowest BCUT2D eigenvalue weighted by atomic mass is 10.1. The van der Waals surface area contributed by atoms with Gasteiger partial charge in [-0.2, -0.15) is 0 Å². The smallest absolute Gasteiger partial charge is 0.223 e. The van der Waals surface area contributed by atoms with E-state index in [0.29, 0.717) is 50.5 Å². The normalized spacial score (nSPS) is 15.2. The SMILES string of the molecule is CCCOCC.CNc1ncc2cc(-c3c(Cl)c(OC)cc(OC)c3Cl)nc(NCC3CCN(C)C3)c2n1. The average molecular weight is 566 g/mol. The maximum absolute atomic E-state index is 6.65. The van der Waals surface area contributed by atoms with Crippen LogP contribution in [-0.4, -0.2) is 81.0 Å². The summed E-state index contributed by atoms with van der Waals surface area (Å²) in [7, 11) is 7.02. The van der Waals surface area contributed by atoms with Gasteiger partial charge in [0.15, 0.2) is 5.82 Å². The summed E-state index contributed by atoms with van der Waals surface area (Å²) in [5, 5.41) is 8.03. The molecular formula is C27H38Cl2N6O3. The number of anilines is 2. The van der Waals surface area contributed by atoms with Crippen LogP contribution in [-0.2, 0) is 4.74 Å². The van der Waals surface area contributed by atoms with E-state index >= 15 is 0 Å². The maximum atomic E-state index is 6.65. The molecule has 1 aliphatic heterocycles. The third-order valence-corrected chi connectivity index (χ3v) is 6.97. The van der Waals surface area contributed by atoms with Gasteiger partial charge in [-0.05, 0) is 45.3 Å². The molecule has 1 fully saturated rings. The number of hydrogen-bond acceptors (Lipinski definition) is 9. The first kappa shape index (κ1) is 30.0. The van der Waals surface area contributed by atoms with E-state index in [0.717, 1.165) is 56.6 Å². The number of pyridine rings is 1. The van der Waals surface area contributed by atoms with Crippen molar-refractivity contribution in [1.29, 1.82) is 0 Å². The molecule has 0 aliphatic carbocycles. The standard InChI is InChI=1S/C22H26Cl2N6O2.C5H12O/c1-25-22-27-10-13-7-14(17-18(23)15(31-3)8-16(32-4)19(17)24)28-21(20(13)29-22)26-9-12-5-6-30(2)11-12;1-3-5-6-4-2/h7-8,10,12H,5-6,9,11H2,1-4H3,(H,26,28)(H,25,27,29);3-5H2,1-2H3. The Hall–Kier alpha value is -2.59. The molecule has 0 radical (unpaired) electrons. The van der Waals surface area contributed by atoms with Crippen LogP contribution >= 0.6 is 23.2 Å². The molecule has 0 spiro atoms. The molecule has 0 saturated carbocycles. The van der Waals surface area contributed by atoms with E-state index in [9.17, 15) is 0 Å². The Bertz CT molecular complexity index is 1180. The summed E-state index contributed by atoms with van der Waals surface area (Å²) in [5.74, 6) is 2.62. The molecular weight excluding hydrogens is 527 g/mol. The molecule has 0 bridgehead atoms. The van der Waals surface area contributed by atoms with Gasteiger partial charge in [-0.3, -0.25) is 0 Å². The van der Waals surface area contributed by atoms with Crippen LogP contribution in [0.4, 0.5) is 11.8 Å². The molecule has 11 heteroatoms. The minimum atomic E-state index is 0.362. The fourth-order valence-electron chi connectivity index (χ4n) is 4.24. The zero-order chi connectivity index (χ0) is 27.7. The minimum absolute atomic E-state index is 0.362. The van der Waals surface area contributed by atoms with Gasteiger partial charge in [0.05, 0.1) is 30.0 Å². The summed E-state index contributed by atoms with van der Waals surface area (Å²) in [6, 6.07) is 3.53. The van der Waals surface area contributed by atoms with Crippen LogP contribution in [0.3, 0.4) is 0 Å². The van der Waals surface area contributed by atoms with Gasteiger partial charge < -0.3 is 29.7 Å². The number of likely N-dealkylation sites (tertiary alicyclic amines) is 1. The predicted octanol–water partition coefficient (Wildman–Crippen LogP) is 5.85. The van der Waals surface area contributed by atoms with Gasteiger partial charge >= 0.3 is 0 Å². The summed E-state index contributed by atoms with van der Waals surface area (Å²) in [4.78, 5) is 16.2. The molecule has 1 aliphatic rings. The molecule has 38 heavy (non-hydrogen) atoms. The van der Waals surface area contributed by atoms with Crippen molar-refractivity contribution in [2.75, 3.05) is 71.8 Å². The maximum Gasteiger partial charge on any atom is 0.223 e. The first-order valence-electron chi connectivity index (χ1n) is 12.8. The second-order valence-corrected chi connectivity index (χ2v) is 9.77. The molecule has 2 aromatic heterocycles. The third kappa shape index (κ3) is 7.28. The Morgan fingerprint density at radius 2 is 1.79 bits per heavy atom. The molecule has 9 nitrogen and oxygen atoms in total. The molecule has 1 atom stereocenters. The number of halogens is 2. The second-order valence-electron chi connectivity index (χ2n) is 9.02. The van der Waals surface area contributed by atoms with Crippen molar-refractivity contribution >= 4 is 45.9 Å². The summed E-state index contributed by atoms with van der Waals surface area (Å²) < 4.78 is 15.8. The Labute approximate surface area is 235 Å². The van der Waals surface area contributed by atoms with Gasteiger partial charge in [0.1, 0.15) is 17.0 Å². The van der Waals surface area contributed by atoms with E-state index < -0.39 is 0 Å². The lowest BCUT2D eigenvalue weighted by Crippen LogP contribution is -2.19. The first-order valence-corrected chi connectivity index (χ1v) is 13.6. The van der Waals surface area contributed by atoms with Crippen molar-refractivity contribution < 1.29 is 14.2 Å². The Morgan fingerprint density at radius 1 is 1.08 bits per heavy atom. The minimum Gasteiger partial charge on any atom is -0.495 e. The number of ether oxygens (including phenoxy) is 3. The monoisotopic (exact) mass is 564 g/mol. The van der Waals surface area contributed by atoms with E-state index in [4.69, 9.17) is 42.4 Å². The van der Waals surface area contributed by atoms with E-state index in [1.54, 1.807) is 33.5 Å². The van der Waals surface area contributed by atoms with Crippen LogP contribution in [0.25, 0.3) is 22.2 Å². The van der Waals surface area contributed by atoms with Crippen LogP contribution in [0.2, 0.25) is 10.0 Å². The molecule has 2 N–H and O–H groups in total. The number of aromatic nitrogens is 3. The summed E-state index contributed by atoms with van der Waals surface area (Å²) in [6.45, 7) is 8.82. The molecule has 3 aromatic rings. The Balaban J connectivity index is 0.000000599. The quantitative estimate of drug-likeness (QED) is 0.294. The summed E-state index contributed by atoms with van der Waals surface area (Å²) >= 11 is 13.3. The highest BCUT2D eigenvalue weighted by Gasteiger charge is 2.23. The number of nitrogens with one attached hydrogen (secondary N) is 2. The molecule has 4 rings (SSSR count). The average Bonchev–Trinajstić information content (AvgIpc) is 3.35. The zero-order valence-electron chi connectivity index (χ0n) is 23.0. The summed E-state index contributed by atoms with van der Waals surface area (Å²) in [6.07, 6.45) is 4.03. The number of methoxy groups -OCH3 is 2. The highest BCUT2D eigenvalue weighted by molar-refractivity contribution is 6.41. The van der Waals surface area contributed by atoms with Crippen LogP contribution in [0.1, 0.15) is 26.7 Å². The molecule has 1 unspecified atom stereocenters. The van der Waals surface area contributed by atoms with Crippen molar-refractivity contribution in [1.82, 2.24) is 19.9 Å². The number of benzene rings is 1. The Kier molecular flexibility index (Phi) is 11.5. The molecule has 1 saturated heterocycles. The van der Waals surface area contributed by atoms with Gasteiger partial charge in [-0.25, -0.2) is 15.0 Å². The lowest BCUT2D eigenvalue weighted by Gasteiger charge is -2.17. The zero-order valence-corrected chi connectivity index (χ0v) is 24.5.